The van der Waals surface area contributed by atoms with Gasteiger partial charge in [0.05, 0.1) is 30.1 Å². The first kappa shape index (κ1) is 24.2. The Labute approximate surface area is 189 Å². The van der Waals surface area contributed by atoms with E-state index in [1.54, 1.807) is 0 Å². The third-order valence-electron chi connectivity index (χ3n) is 5.09. The van der Waals surface area contributed by atoms with Crippen molar-refractivity contribution in [3.63, 3.8) is 0 Å². The number of carbonyl (C=O) groups excluding carboxylic acids is 1. The molecule has 0 spiro atoms. The molecule has 1 aliphatic heterocycles. The summed E-state index contributed by atoms with van der Waals surface area (Å²) in [5, 5.41) is 2.74. The first-order valence-electron chi connectivity index (χ1n) is 10.0. The molecule has 0 bridgehead atoms. The molecule has 1 aliphatic rings. The van der Waals surface area contributed by atoms with Crippen molar-refractivity contribution < 1.29 is 26.4 Å². The summed E-state index contributed by atoms with van der Waals surface area (Å²) in [5.74, 6) is -0.505. The Hall–Kier alpha value is -2.47. The molecule has 1 N–H and O–H groups in total. The Morgan fingerprint density at radius 3 is 2.25 bits per heavy atom. The van der Waals surface area contributed by atoms with Gasteiger partial charge in [-0.25, -0.2) is 16.8 Å². The van der Waals surface area contributed by atoms with Crippen molar-refractivity contribution in [1.29, 1.82) is 0 Å². The van der Waals surface area contributed by atoms with Gasteiger partial charge in [0.15, 0.2) is 0 Å². The summed E-state index contributed by atoms with van der Waals surface area (Å²) < 4.78 is 57.8. The second-order valence-electron chi connectivity index (χ2n) is 7.65. The minimum atomic E-state index is -3.80. The molecule has 174 valence electrons. The molecular formula is C21H27N3O6S2. The third kappa shape index (κ3) is 5.66. The molecule has 0 unspecified atom stereocenters. The zero-order valence-electron chi connectivity index (χ0n) is 18.2. The lowest BCUT2D eigenvalue weighted by atomic mass is 10.1. The summed E-state index contributed by atoms with van der Waals surface area (Å²) in [6.07, 6.45) is 0.997. The van der Waals surface area contributed by atoms with Crippen LogP contribution in [0.15, 0.2) is 47.4 Å². The van der Waals surface area contributed by atoms with Gasteiger partial charge in [0.1, 0.15) is 6.54 Å². The van der Waals surface area contributed by atoms with Crippen LogP contribution in [0.2, 0.25) is 0 Å². The van der Waals surface area contributed by atoms with E-state index in [1.807, 2.05) is 32.0 Å². The fraction of sp³-hybridized carbons (Fsp3) is 0.381. The molecule has 0 saturated carbocycles. The molecule has 1 heterocycles. The number of nitrogens with zero attached hydrogens (tertiary/aromatic N) is 2. The molecule has 3 rings (SSSR count). The number of hydrogen-bond acceptors (Lipinski definition) is 6. The number of carbonyl (C=O) groups is 1. The van der Waals surface area contributed by atoms with Crippen LogP contribution in [-0.2, 0) is 29.6 Å². The van der Waals surface area contributed by atoms with Crippen LogP contribution in [0.1, 0.15) is 11.1 Å². The quantitative estimate of drug-likeness (QED) is 0.644. The molecule has 9 nitrogen and oxygen atoms in total. The van der Waals surface area contributed by atoms with Gasteiger partial charge in [-0.1, -0.05) is 12.1 Å². The van der Waals surface area contributed by atoms with Gasteiger partial charge in [-0.15, -0.1) is 0 Å². The normalized spacial score (nSPS) is 15.3. The van der Waals surface area contributed by atoms with Gasteiger partial charge >= 0.3 is 0 Å². The van der Waals surface area contributed by atoms with Gasteiger partial charge in [0.25, 0.3) is 0 Å². The van der Waals surface area contributed by atoms with E-state index in [1.165, 1.54) is 28.6 Å². The topological polar surface area (TPSA) is 113 Å². The molecule has 1 saturated heterocycles. The number of nitrogens with one attached hydrogen (secondary N) is 1. The Morgan fingerprint density at radius 1 is 1.03 bits per heavy atom. The van der Waals surface area contributed by atoms with Crippen LogP contribution in [0.25, 0.3) is 0 Å². The average Bonchev–Trinajstić information content (AvgIpc) is 2.74. The first-order chi connectivity index (χ1) is 15.0. The molecule has 0 atom stereocenters. The van der Waals surface area contributed by atoms with Crippen LogP contribution >= 0.6 is 0 Å². The summed E-state index contributed by atoms with van der Waals surface area (Å²) in [6.45, 7) is 4.47. The molecule has 1 fully saturated rings. The highest BCUT2D eigenvalue weighted by molar-refractivity contribution is 7.92. The fourth-order valence-electron chi connectivity index (χ4n) is 3.31. The van der Waals surface area contributed by atoms with Crippen LogP contribution < -0.4 is 9.62 Å². The summed E-state index contributed by atoms with van der Waals surface area (Å²) in [5.41, 5.74) is 2.62. The third-order valence-corrected chi connectivity index (χ3v) is 8.14. The minimum absolute atomic E-state index is 0.0523. The van der Waals surface area contributed by atoms with Crippen molar-refractivity contribution in [3.05, 3.63) is 53.6 Å². The van der Waals surface area contributed by atoms with Crippen LogP contribution in [-0.4, -0.2) is 66.2 Å². The van der Waals surface area contributed by atoms with Crippen LogP contribution in [0, 0.1) is 13.8 Å². The summed E-state index contributed by atoms with van der Waals surface area (Å²) in [6, 6.07) is 11.1. The fourth-order valence-corrected chi connectivity index (χ4v) is 5.58. The Morgan fingerprint density at radius 2 is 1.66 bits per heavy atom. The highest BCUT2D eigenvalue weighted by Gasteiger charge is 2.27. The molecule has 11 heteroatoms. The van der Waals surface area contributed by atoms with Crippen molar-refractivity contribution >= 4 is 37.3 Å². The van der Waals surface area contributed by atoms with Gasteiger partial charge in [0.2, 0.25) is 26.0 Å². The van der Waals surface area contributed by atoms with Gasteiger partial charge in [-0.2, -0.15) is 4.31 Å². The van der Waals surface area contributed by atoms with Crippen LogP contribution in [0.3, 0.4) is 0 Å². The average molecular weight is 482 g/mol. The van der Waals surface area contributed by atoms with Crippen molar-refractivity contribution in [3.8, 4) is 0 Å². The molecule has 2 aromatic carbocycles. The van der Waals surface area contributed by atoms with Crippen molar-refractivity contribution in [1.82, 2.24) is 4.31 Å². The largest absolute Gasteiger partial charge is 0.379 e. The van der Waals surface area contributed by atoms with Gasteiger partial charge in [0, 0.05) is 18.8 Å². The number of anilines is 2. The Kier molecular flexibility index (Phi) is 7.23. The molecular weight excluding hydrogens is 454 g/mol. The zero-order chi connectivity index (χ0) is 23.5. The van der Waals surface area contributed by atoms with E-state index < -0.39 is 32.5 Å². The standard InChI is InChI=1S/C21H27N3O6S2/c1-16-4-5-17(2)20(14-16)22-21(25)15-24(31(3,26)27)18-6-8-19(9-7-18)32(28,29)23-10-12-30-13-11-23/h4-9,14H,10-13,15H2,1-3H3,(H,22,25). The van der Waals surface area contributed by atoms with Crippen molar-refractivity contribution in [2.75, 3.05) is 48.7 Å². The molecule has 1 amide bonds. The maximum atomic E-state index is 12.8. The van der Waals surface area contributed by atoms with E-state index in [-0.39, 0.29) is 23.7 Å². The van der Waals surface area contributed by atoms with E-state index in [4.69, 9.17) is 4.74 Å². The zero-order valence-corrected chi connectivity index (χ0v) is 19.9. The van der Waals surface area contributed by atoms with E-state index >= 15 is 0 Å². The lowest BCUT2D eigenvalue weighted by Gasteiger charge is -2.26. The van der Waals surface area contributed by atoms with Crippen LogP contribution in [0.4, 0.5) is 11.4 Å². The number of morpholine rings is 1. The minimum Gasteiger partial charge on any atom is -0.379 e. The highest BCUT2D eigenvalue weighted by Crippen LogP contribution is 2.23. The van der Waals surface area contributed by atoms with Gasteiger partial charge in [-0.05, 0) is 55.3 Å². The number of ether oxygens (including phenoxy) is 1. The first-order valence-corrected chi connectivity index (χ1v) is 13.3. The number of hydrogen-bond donors (Lipinski definition) is 1. The Bertz CT molecular complexity index is 1190. The predicted octanol–water partition coefficient (Wildman–Crippen LogP) is 1.73. The number of rotatable bonds is 7. The van der Waals surface area contributed by atoms with Gasteiger partial charge < -0.3 is 10.1 Å². The van der Waals surface area contributed by atoms with Crippen molar-refractivity contribution in [2.24, 2.45) is 0 Å². The second-order valence-corrected chi connectivity index (χ2v) is 11.5. The highest BCUT2D eigenvalue weighted by atomic mass is 32.2. The van der Waals surface area contributed by atoms with Gasteiger partial charge in [-0.3, -0.25) is 9.10 Å². The number of aryl methyl sites for hydroxylation is 2. The second kappa shape index (κ2) is 9.57. The maximum Gasteiger partial charge on any atom is 0.245 e. The van der Waals surface area contributed by atoms with E-state index in [0.29, 0.717) is 18.9 Å². The Balaban J connectivity index is 1.80. The maximum absolute atomic E-state index is 12.8. The van der Waals surface area contributed by atoms with Crippen LogP contribution in [0.5, 0.6) is 0 Å². The summed E-state index contributed by atoms with van der Waals surface area (Å²) >= 11 is 0. The smallest absolute Gasteiger partial charge is 0.245 e. The summed E-state index contributed by atoms with van der Waals surface area (Å²) in [4.78, 5) is 12.7. The lowest BCUT2D eigenvalue weighted by Crippen LogP contribution is -2.40. The van der Waals surface area contributed by atoms with E-state index in [9.17, 15) is 21.6 Å². The van der Waals surface area contributed by atoms with E-state index in [2.05, 4.69) is 5.32 Å². The molecule has 0 aliphatic carbocycles. The molecule has 2 aromatic rings. The monoisotopic (exact) mass is 481 g/mol. The summed E-state index contributed by atoms with van der Waals surface area (Å²) in [7, 11) is -7.50. The predicted molar refractivity (Wildman–Crippen MR) is 123 cm³/mol. The number of amides is 1. The molecule has 0 aromatic heterocycles. The lowest BCUT2D eigenvalue weighted by molar-refractivity contribution is -0.114. The van der Waals surface area contributed by atoms with Crippen molar-refractivity contribution in [2.45, 2.75) is 18.7 Å². The number of sulfonamides is 2. The SMILES string of the molecule is Cc1ccc(C)c(NC(=O)CN(c2ccc(S(=O)(=O)N3CCOCC3)cc2)S(C)(=O)=O)c1. The molecule has 32 heavy (non-hydrogen) atoms. The van der Waals surface area contributed by atoms with E-state index in [0.717, 1.165) is 21.7 Å². The number of benzene rings is 2. The molecule has 0 radical (unpaired) electrons.